The van der Waals surface area contributed by atoms with Gasteiger partial charge in [0.15, 0.2) is 0 Å². The molecule has 0 radical (unpaired) electrons. The topological polar surface area (TPSA) is 112 Å². The number of benzene rings is 1. The summed E-state index contributed by atoms with van der Waals surface area (Å²) in [5.41, 5.74) is 1.90. The van der Waals surface area contributed by atoms with E-state index in [2.05, 4.69) is 30.6 Å². The van der Waals surface area contributed by atoms with Gasteiger partial charge in [0.2, 0.25) is 11.7 Å². The molecule has 1 atom stereocenters. The van der Waals surface area contributed by atoms with Gasteiger partial charge in [0.25, 0.3) is 5.91 Å². The van der Waals surface area contributed by atoms with Crippen LogP contribution in [0.4, 0.5) is 0 Å². The predicted molar refractivity (Wildman–Crippen MR) is 94.8 cm³/mol. The molecule has 27 heavy (non-hydrogen) atoms. The largest absolute Gasteiger partial charge is 0.340 e. The maximum absolute atomic E-state index is 12.8. The summed E-state index contributed by atoms with van der Waals surface area (Å²) >= 11 is 0. The lowest BCUT2D eigenvalue weighted by Gasteiger charge is -2.12. The van der Waals surface area contributed by atoms with Crippen LogP contribution in [0.5, 0.6) is 0 Å². The second-order valence-electron chi connectivity index (χ2n) is 5.78. The fraction of sp³-hybridized carbons (Fsp3) is 0.111. The molecule has 1 amide bonds. The number of carbonyl (C=O) groups excluding carboxylic acids is 1. The Morgan fingerprint density at radius 1 is 1.15 bits per heavy atom. The Balaban J connectivity index is 1.53. The van der Waals surface area contributed by atoms with E-state index < -0.39 is 6.04 Å². The van der Waals surface area contributed by atoms with E-state index in [0.717, 1.165) is 5.56 Å². The number of hydrogen-bond acceptors (Lipinski definition) is 7. The first-order valence-electron chi connectivity index (χ1n) is 8.21. The first kappa shape index (κ1) is 16.6. The van der Waals surface area contributed by atoms with E-state index in [-0.39, 0.29) is 5.91 Å². The van der Waals surface area contributed by atoms with Crippen LogP contribution in [0.25, 0.3) is 17.1 Å². The maximum Gasteiger partial charge on any atom is 0.254 e. The highest BCUT2D eigenvalue weighted by Crippen LogP contribution is 2.19. The van der Waals surface area contributed by atoms with Gasteiger partial charge in [0, 0.05) is 18.0 Å². The standard InChI is InChI=1S/C18H15N7O2/c1-12(18-23-16(24-27-18)13-5-4-8-19-9-13)22-17(26)14-6-2-3-7-15(14)25-10-20-21-11-25/h2-12H,1H3,(H,22,26)/t12-/m1/s1. The second kappa shape index (κ2) is 7.16. The van der Waals surface area contributed by atoms with Crippen molar-refractivity contribution in [1.29, 1.82) is 0 Å². The Labute approximate surface area is 154 Å². The minimum atomic E-state index is -0.468. The van der Waals surface area contributed by atoms with Crippen LogP contribution in [0.2, 0.25) is 0 Å². The molecule has 3 heterocycles. The van der Waals surface area contributed by atoms with Crippen molar-refractivity contribution in [3.8, 4) is 17.1 Å². The maximum atomic E-state index is 12.8. The van der Waals surface area contributed by atoms with Crippen LogP contribution in [0.1, 0.15) is 29.2 Å². The molecule has 0 aliphatic heterocycles. The van der Waals surface area contributed by atoms with Crippen LogP contribution in [-0.2, 0) is 0 Å². The lowest BCUT2D eigenvalue weighted by molar-refractivity contribution is 0.0932. The highest BCUT2D eigenvalue weighted by Gasteiger charge is 2.20. The quantitative estimate of drug-likeness (QED) is 0.580. The third-order valence-corrected chi connectivity index (χ3v) is 3.93. The first-order valence-corrected chi connectivity index (χ1v) is 8.21. The summed E-state index contributed by atoms with van der Waals surface area (Å²) in [5, 5.41) is 14.4. The van der Waals surface area contributed by atoms with Crippen molar-refractivity contribution in [3.63, 3.8) is 0 Å². The zero-order chi connectivity index (χ0) is 18.6. The lowest BCUT2D eigenvalue weighted by atomic mass is 10.1. The van der Waals surface area contributed by atoms with Crippen LogP contribution in [0, 0.1) is 0 Å². The molecule has 0 saturated carbocycles. The molecular formula is C18H15N7O2. The van der Waals surface area contributed by atoms with Gasteiger partial charge in [-0.2, -0.15) is 4.98 Å². The van der Waals surface area contributed by atoms with Gasteiger partial charge in [-0.3, -0.25) is 14.3 Å². The Morgan fingerprint density at radius 3 is 2.74 bits per heavy atom. The minimum absolute atomic E-state index is 0.270. The summed E-state index contributed by atoms with van der Waals surface area (Å²) in [6, 6.07) is 10.3. The molecule has 0 spiro atoms. The molecule has 0 unspecified atom stereocenters. The van der Waals surface area contributed by atoms with Gasteiger partial charge in [-0.25, -0.2) is 0 Å². The second-order valence-corrected chi connectivity index (χ2v) is 5.78. The van der Waals surface area contributed by atoms with Gasteiger partial charge >= 0.3 is 0 Å². The number of para-hydroxylation sites is 1. The summed E-state index contributed by atoms with van der Waals surface area (Å²) < 4.78 is 6.96. The van der Waals surface area contributed by atoms with Crippen molar-refractivity contribution in [2.75, 3.05) is 0 Å². The van der Waals surface area contributed by atoms with Crippen molar-refractivity contribution < 1.29 is 9.32 Å². The molecule has 0 fully saturated rings. The van der Waals surface area contributed by atoms with E-state index in [1.54, 1.807) is 42.1 Å². The average Bonchev–Trinajstić information content (AvgIpc) is 3.41. The molecule has 9 heteroatoms. The van der Waals surface area contributed by atoms with E-state index in [1.165, 1.54) is 12.7 Å². The molecule has 3 aromatic heterocycles. The van der Waals surface area contributed by atoms with Gasteiger partial charge in [-0.1, -0.05) is 17.3 Å². The minimum Gasteiger partial charge on any atom is -0.340 e. The first-order chi connectivity index (χ1) is 13.2. The van der Waals surface area contributed by atoms with Crippen molar-refractivity contribution >= 4 is 5.91 Å². The number of aromatic nitrogens is 6. The molecular weight excluding hydrogens is 346 g/mol. The Hall–Kier alpha value is -3.88. The van der Waals surface area contributed by atoms with Crippen LogP contribution in [0.3, 0.4) is 0 Å². The van der Waals surface area contributed by atoms with Gasteiger partial charge in [0.05, 0.1) is 11.3 Å². The van der Waals surface area contributed by atoms with Crippen molar-refractivity contribution in [3.05, 3.63) is 72.9 Å². The van der Waals surface area contributed by atoms with Gasteiger partial charge in [-0.15, -0.1) is 10.2 Å². The monoisotopic (exact) mass is 361 g/mol. The summed E-state index contributed by atoms with van der Waals surface area (Å²) in [5.74, 6) is 0.459. The molecule has 0 aliphatic rings. The predicted octanol–water partition coefficient (Wildman–Crippen LogP) is 2.20. The number of nitrogens with one attached hydrogen (secondary N) is 1. The normalized spacial score (nSPS) is 11.9. The highest BCUT2D eigenvalue weighted by atomic mass is 16.5. The number of amides is 1. The number of nitrogens with zero attached hydrogens (tertiary/aromatic N) is 6. The molecule has 134 valence electrons. The van der Waals surface area contributed by atoms with Crippen LogP contribution in [0.15, 0.2) is 66.0 Å². The zero-order valence-corrected chi connectivity index (χ0v) is 14.4. The summed E-state index contributed by atoms with van der Waals surface area (Å²) in [7, 11) is 0. The average molecular weight is 361 g/mol. The molecule has 9 nitrogen and oxygen atoms in total. The van der Waals surface area contributed by atoms with E-state index in [4.69, 9.17) is 4.52 Å². The Bertz CT molecular complexity index is 1040. The Morgan fingerprint density at radius 2 is 1.96 bits per heavy atom. The third-order valence-electron chi connectivity index (χ3n) is 3.93. The fourth-order valence-electron chi connectivity index (χ4n) is 2.58. The molecule has 4 rings (SSSR count). The van der Waals surface area contributed by atoms with E-state index in [9.17, 15) is 4.79 Å². The van der Waals surface area contributed by atoms with Crippen LogP contribution in [-0.4, -0.2) is 35.8 Å². The summed E-state index contributed by atoms with van der Waals surface area (Å²) in [6.45, 7) is 1.78. The van der Waals surface area contributed by atoms with Gasteiger partial charge in [0.1, 0.15) is 18.7 Å². The highest BCUT2D eigenvalue weighted by molar-refractivity contribution is 5.97. The van der Waals surface area contributed by atoms with Gasteiger partial charge in [-0.05, 0) is 31.2 Å². The van der Waals surface area contributed by atoms with Crippen LogP contribution < -0.4 is 5.32 Å². The molecule has 0 bridgehead atoms. The van der Waals surface area contributed by atoms with E-state index >= 15 is 0 Å². The summed E-state index contributed by atoms with van der Waals surface area (Å²) in [4.78, 5) is 21.1. The van der Waals surface area contributed by atoms with Crippen molar-refractivity contribution in [2.45, 2.75) is 13.0 Å². The summed E-state index contributed by atoms with van der Waals surface area (Å²) in [6.07, 6.45) is 6.38. The SMILES string of the molecule is C[C@@H](NC(=O)c1ccccc1-n1cnnc1)c1nc(-c2cccnc2)no1. The van der Waals surface area contributed by atoms with Crippen LogP contribution >= 0.6 is 0 Å². The third kappa shape index (κ3) is 3.43. The zero-order valence-electron chi connectivity index (χ0n) is 14.4. The number of hydrogen-bond donors (Lipinski definition) is 1. The molecule has 4 aromatic rings. The molecule has 1 aromatic carbocycles. The number of carbonyl (C=O) groups is 1. The fourth-order valence-corrected chi connectivity index (χ4v) is 2.58. The number of rotatable bonds is 5. The lowest BCUT2D eigenvalue weighted by Crippen LogP contribution is -2.27. The smallest absolute Gasteiger partial charge is 0.254 e. The van der Waals surface area contributed by atoms with Gasteiger partial charge < -0.3 is 9.84 Å². The van der Waals surface area contributed by atoms with Crippen molar-refractivity contribution in [2.24, 2.45) is 0 Å². The van der Waals surface area contributed by atoms with Crippen molar-refractivity contribution in [1.82, 2.24) is 35.2 Å². The van der Waals surface area contributed by atoms with E-state index in [0.29, 0.717) is 23.0 Å². The Kier molecular flexibility index (Phi) is 4.40. The molecule has 1 N–H and O–H groups in total. The molecule has 0 aliphatic carbocycles. The molecule has 0 saturated heterocycles. The van der Waals surface area contributed by atoms with E-state index in [1.807, 2.05) is 18.2 Å². The number of pyridine rings is 1.